The van der Waals surface area contributed by atoms with Crippen molar-refractivity contribution in [1.82, 2.24) is 5.32 Å². The van der Waals surface area contributed by atoms with Gasteiger partial charge in [-0.2, -0.15) is 0 Å². The summed E-state index contributed by atoms with van der Waals surface area (Å²) in [5.41, 5.74) is 0.685. The lowest BCUT2D eigenvalue weighted by atomic mass is 9.64. The lowest BCUT2D eigenvalue weighted by Gasteiger charge is -2.43. The van der Waals surface area contributed by atoms with Crippen molar-refractivity contribution in [2.75, 3.05) is 13.1 Å². The van der Waals surface area contributed by atoms with Gasteiger partial charge in [-0.15, -0.1) is 0 Å². The number of nitrogens with one attached hydrogen (secondary N) is 1. The van der Waals surface area contributed by atoms with Gasteiger partial charge >= 0.3 is 0 Å². The molecule has 0 unspecified atom stereocenters. The van der Waals surface area contributed by atoms with Crippen LogP contribution < -0.4 is 5.32 Å². The zero-order valence-electron chi connectivity index (χ0n) is 8.82. The Hall–Kier alpha value is -0.0400. The van der Waals surface area contributed by atoms with E-state index in [4.69, 9.17) is 0 Å². The Bertz CT molecular complexity index is 125. The average molecular weight is 169 g/mol. The van der Waals surface area contributed by atoms with Gasteiger partial charge in [0, 0.05) is 6.54 Å². The molecule has 1 fully saturated rings. The first-order valence-electron chi connectivity index (χ1n) is 5.39. The summed E-state index contributed by atoms with van der Waals surface area (Å²) in [6.45, 7) is 9.25. The quantitative estimate of drug-likeness (QED) is 0.667. The number of hydrogen-bond donors (Lipinski definition) is 1. The van der Waals surface area contributed by atoms with Crippen molar-refractivity contribution in [3.05, 3.63) is 0 Å². The third-order valence-corrected chi connectivity index (χ3v) is 3.01. The molecule has 1 heteroatoms. The smallest absolute Gasteiger partial charge is 0.000779 e. The molecule has 1 nitrogen and oxygen atoms in total. The van der Waals surface area contributed by atoms with Gasteiger partial charge in [0.05, 0.1) is 0 Å². The van der Waals surface area contributed by atoms with Crippen molar-refractivity contribution in [2.24, 2.45) is 11.3 Å². The third kappa shape index (κ3) is 2.48. The summed E-state index contributed by atoms with van der Waals surface area (Å²) in [5, 5.41) is 3.50. The van der Waals surface area contributed by atoms with Crippen molar-refractivity contribution < 1.29 is 0 Å². The Morgan fingerprint density at radius 2 is 2.00 bits per heavy atom. The summed E-state index contributed by atoms with van der Waals surface area (Å²) in [7, 11) is 0. The van der Waals surface area contributed by atoms with Gasteiger partial charge in [0.15, 0.2) is 0 Å². The Labute approximate surface area is 76.9 Å². The van der Waals surface area contributed by atoms with Crippen LogP contribution in [0.15, 0.2) is 0 Å². The maximum Gasteiger partial charge on any atom is 0.000779 e. The Kier molecular flexibility index (Phi) is 3.57. The van der Waals surface area contributed by atoms with Crippen LogP contribution in [0.1, 0.15) is 46.5 Å². The molecule has 1 N–H and O–H groups in total. The molecule has 0 bridgehead atoms. The van der Waals surface area contributed by atoms with E-state index < -0.39 is 0 Å². The van der Waals surface area contributed by atoms with E-state index in [1.54, 1.807) is 0 Å². The monoisotopic (exact) mass is 169 g/mol. The van der Waals surface area contributed by atoms with E-state index in [0.29, 0.717) is 5.41 Å². The van der Waals surface area contributed by atoms with Gasteiger partial charge in [-0.1, -0.05) is 27.2 Å². The van der Waals surface area contributed by atoms with Crippen LogP contribution in [0.2, 0.25) is 0 Å². The van der Waals surface area contributed by atoms with Crippen molar-refractivity contribution in [3.8, 4) is 0 Å². The molecule has 0 atom stereocenters. The topological polar surface area (TPSA) is 12.0 Å². The lowest BCUT2D eigenvalue weighted by Crippen LogP contribution is -2.40. The summed E-state index contributed by atoms with van der Waals surface area (Å²) < 4.78 is 0. The molecule has 0 aromatic rings. The minimum absolute atomic E-state index is 0.685. The Balaban J connectivity index is 2.29. The van der Waals surface area contributed by atoms with E-state index in [-0.39, 0.29) is 0 Å². The van der Waals surface area contributed by atoms with Crippen LogP contribution in [0.3, 0.4) is 0 Å². The number of rotatable bonds is 5. The van der Waals surface area contributed by atoms with Crippen molar-refractivity contribution in [1.29, 1.82) is 0 Å². The third-order valence-electron chi connectivity index (χ3n) is 3.01. The van der Waals surface area contributed by atoms with Crippen molar-refractivity contribution in [2.45, 2.75) is 46.5 Å². The molecule has 0 aromatic carbocycles. The summed E-state index contributed by atoms with van der Waals surface area (Å²) >= 11 is 0. The van der Waals surface area contributed by atoms with E-state index in [1.807, 2.05) is 0 Å². The van der Waals surface area contributed by atoms with Gasteiger partial charge in [0.2, 0.25) is 0 Å². The highest BCUT2D eigenvalue weighted by Gasteiger charge is 2.36. The molecule has 72 valence electrons. The summed E-state index contributed by atoms with van der Waals surface area (Å²) in [6.07, 6.45) is 5.79. The minimum Gasteiger partial charge on any atom is -0.316 e. The van der Waals surface area contributed by atoms with Crippen LogP contribution in [0.25, 0.3) is 0 Å². The molecule has 1 rings (SSSR count). The predicted octanol–water partition coefficient (Wildman–Crippen LogP) is 2.81. The SMILES string of the molecule is CCNCC1(CC(C)C)CCC1. The molecule has 1 saturated carbocycles. The van der Waals surface area contributed by atoms with Crippen molar-refractivity contribution >= 4 is 0 Å². The molecule has 0 heterocycles. The normalized spacial score (nSPS) is 21.0. The van der Waals surface area contributed by atoms with Crippen LogP contribution in [0, 0.1) is 11.3 Å². The van der Waals surface area contributed by atoms with Gasteiger partial charge in [-0.05, 0) is 37.1 Å². The Morgan fingerprint density at radius 3 is 2.33 bits per heavy atom. The highest BCUT2D eigenvalue weighted by Crippen LogP contribution is 2.45. The van der Waals surface area contributed by atoms with E-state index >= 15 is 0 Å². The van der Waals surface area contributed by atoms with Crippen LogP contribution in [0.4, 0.5) is 0 Å². The fourth-order valence-corrected chi connectivity index (χ4v) is 2.39. The molecular formula is C11H23N. The van der Waals surface area contributed by atoms with Crippen LogP contribution in [0.5, 0.6) is 0 Å². The van der Waals surface area contributed by atoms with Gasteiger partial charge in [-0.25, -0.2) is 0 Å². The molecule has 0 aliphatic heterocycles. The summed E-state index contributed by atoms with van der Waals surface area (Å²) in [4.78, 5) is 0. The fourth-order valence-electron chi connectivity index (χ4n) is 2.39. The molecule has 1 aliphatic rings. The molecule has 0 amide bonds. The van der Waals surface area contributed by atoms with Crippen molar-refractivity contribution in [3.63, 3.8) is 0 Å². The second-order valence-corrected chi connectivity index (χ2v) is 4.73. The first kappa shape index (κ1) is 10.0. The highest BCUT2D eigenvalue weighted by atomic mass is 14.9. The predicted molar refractivity (Wildman–Crippen MR) is 54.3 cm³/mol. The molecule has 12 heavy (non-hydrogen) atoms. The molecular weight excluding hydrogens is 146 g/mol. The van der Waals surface area contributed by atoms with E-state index in [9.17, 15) is 0 Å². The maximum atomic E-state index is 3.50. The largest absolute Gasteiger partial charge is 0.316 e. The van der Waals surface area contributed by atoms with Gasteiger partial charge < -0.3 is 5.32 Å². The zero-order valence-corrected chi connectivity index (χ0v) is 8.82. The zero-order chi connectivity index (χ0) is 9.03. The second kappa shape index (κ2) is 4.27. The van der Waals surface area contributed by atoms with Gasteiger partial charge in [0.1, 0.15) is 0 Å². The molecule has 0 saturated heterocycles. The maximum absolute atomic E-state index is 3.50. The standard InChI is InChI=1S/C11H23N/c1-4-12-9-11(6-5-7-11)8-10(2)3/h10,12H,4-9H2,1-3H3. The molecule has 0 aromatic heterocycles. The minimum atomic E-state index is 0.685. The van der Waals surface area contributed by atoms with Gasteiger partial charge in [0.25, 0.3) is 0 Å². The fraction of sp³-hybridized carbons (Fsp3) is 1.00. The van der Waals surface area contributed by atoms with Crippen LogP contribution >= 0.6 is 0 Å². The highest BCUT2D eigenvalue weighted by molar-refractivity contribution is 4.89. The van der Waals surface area contributed by atoms with Gasteiger partial charge in [-0.3, -0.25) is 0 Å². The average Bonchev–Trinajstić information content (AvgIpc) is 1.94. The lowest BCUT2D eigenvalue weighted by molar-refractivity contribution is 0.0992. The van der Waals surface area contributed by atoms with E-state index in [0.717, 1.165) is 12.5 Å². The molecule has 0 radical (unpaired) electrons. The van der Waals surface area contributed by atoms with E-state index in [1.165, 1.54) is 32.2 Å². The Morgan fingerprint density at radius 1 is 1.33 bits per heavy atom. The summed E-state index contributed by atoms with van der Waals surface area (Å²) in [5.74, 6) is 0.865. The van der Waals surface area contributed by atoms with Crippen LogP contribution in [-0.4, -0.2) is 13.1 Å². The van der Waals surface area contributed by atoms with E-state index in [2.05, 4.69) is 26.1 Å². The number of hydrogen-bond acceptors (Lipinski definition) is 1. The second-order valence-electron chi connectivity index (χ2n) is 4.73. The molecule has 1 aliphatic carbocycles. The molecule has 0 spiro atoms. The van der Waals surface area contributed by atoms with Crippen LogP contribution in [-0.2, 0) is 0 Å². The first-order chi connectivity index (χ1) is 5.68. The first-order valence-corrected chi connectivity index (χ1v) is 5.39. The summed E-state index contributed by atoms with van der Waals surface area (Å²) in [6, 6.07) is 0.